The van der Waals surface area contributed by atoms with Crippen LogP contribution in [0.4, 0.5) is 5.69 Å². The molecule has 0 radical (unpaired) electrons. The number of anilines is 1. The third-order valence-corrected chi connectivity index (χ3v) is 9.07. The lowest BCUT2D eigenvalue weighted by Crippen LogP contribution is -2.28. The van der Waals surface area contributed by atoms with E-state index in [2.05, 4.69) is 36.6 Å². The number of rotatable bonds is 5. The number of benzene rings is 5. The number of para-hydroxylation sites is 3. The Morgan fingerprint density at radius 3 is 1.67 bits per heavy atom. The number of fused-ring (bicyclic) bond motifs is 4. The van der Waals surface area contributed by atoms with Crippen LogP contribution in [0.25, 0.3) is 60.9 Å². The topological polar surface area (TPSA) is 97.0 Å². The monoisotopic (exact) mass is 622 g/mol. The Morgan fingerprint density at radius 2 is 1.04 bits per heavy atom. The van der Waals surface area contributed by atoms with E-state index in [-0.39, 0.29) is 5.91 Å². The highest BCUT2D eigenvalue weighted by molar-refractivity contribution is 6.19. The second-order valence-electron chi connectivity index (χ2n) is 11.7. The molecule has 4 heterocycles. The first kappa shape index (κ1) is 27.8. The van der Waals surface area contributed by atoms with Crippen LogP contribution in [0.2, 0.25) is 0 Å². The molecule has 9 rings (SSSR count). The minimum absolute atomic E-state index is 0.285. The zero-order valence-corrected chi connectivity index (χ0v) is 25.5. The van der Waals surface area contributed by atoms with Crippen LogP contribution >= 0.6 is 0 Å². The Labute approximate surface area is 275 Å². The summed E-state index contributed by atoms with van der Waals surface area (Å²) in [4.78, 5) is 33.6. The lowest BCUT2D eigenvalue weighted by atomic mass is 10.0. The lowest BCUT2D eigenvalue weighted by molar-refractivity contribution is 0.0935. The van der Waals surface area contributed by atoms with Gasteiger partial charge < -0.3 is 9.67 Å². The first-order valence-corrected chi connectivity index (χ1v) is 15.6. The van der Waals surface area contributed by atoms with Gasteiger partial charge in [-0.15, -0.1) is 0 Å². The van der Waals surface area contributed by atoms with Crippen LogP contribution in [-0.2, 0) is 0 Å². The summed E-state index contributed by atoms with van der Waals surface area (Å²) in [6, 6.07) is 35.6. The van der Waals surface area contributed by atoms with Gasteiger partial charge in [0.25, 0.3) is 5.91 Å². The molecule has 1 unspecified atom stereocenters. The summed E-state index contributed by atoms with van der Waals surface area (Å²) in [5.41, 5.74) is 9.37. The molecule has 1 aliphatic rings. The SMILES string of the molecule is O=C1c2c(cccc2-n2c3c(-c4cncnc4)cccc3c3cccc(-c4cncnc4)c32)C(O)N1c1ccccc1-c1ccccc1. The Balaban J connectivity index is 1.35. The summed E-state index contributed by atoms with van der Waals surface area (Å²) in [6.45, 7) is 0. The Morgan fingerprint density at radius 1 is 0.521 bits per heavy atom. The number of hydrogen-bond acceptors (Lipinski definition) is 6. The van der Waals surface area contributed by atoms with E-state index in [1.807, 2.05) is 97.1 Å². The number of nitrogens with zero attached hydrogens (tertiary/aromatic N) is 6. The summed E-state index contributed by atoms with van der Waals surface area (Å²) in [5, 5.41) is 13.9. The molecule has 5 aromatic carbocycles. The fourth-order valence-electron chi connectivity index (χ4n) is 7.05. The molecule has 0 bridgehead atoms. The minimum atomic E-state index is -1.19. The van der Waals surface area contributed by atoms with Crippen molar-refractivity contribution >= 4 is 33.4 Å². The van der Waals surface area contributed by atoms with Crippen molar-refractivity contribution in [2.24, 2.45) is 0 Å². The third-order valence-electron chi connectivity index (χ3n) is 9.07. The van der Waals surface area contributed by atoms with E-state index in [4.69, 9.17) is 0 Å². The molecule has 8 aromatic rings. The first-order valence-electron chi connectivity index (χ1n) is 15.6. The van der Waals surface area contributed by atoms with Crippen LogP contribution in [0.5, 0.6) is 0 Å². The molecule has 48 heavy (non-hydrogen) atoms. The number of amides is 1. The van der Waals surface area contributed by atoms with Gasteiger partial charge in [0.05, 0.1) is 28.0 Å². The van der Waals surface area contributed by atoms with Gasteiger partial charge in [-0.1, -0.05) is 97.1 Å². The van der Waals surface area contributed by atoms with Crippen LogP contribution in [0.15, 0.2) is 147 Å². The fourth-order valence-corrected chi connectivity index (χ4v) is 7.05. The van der Waals surface area contributed by atoms with E-state index < -0.39 is 6.23 Å². The fraction of sp³-hybridized carbons (Fsp3) is 0.0250. The third kappa shape index (κ3) is 4.17. The summed E-state index contributed by atoms with van der Waals surface area (Å²) in [6.07, 6.45) is 9.02. The van der Waals surface area contributed by atoms with Gasteiger partial charge in [0, 0.05) is 68.9 Å². The van der Waals surface area contributed by atoms with Gasteiger partial charge >= 0.3 is 0 Å². The van der Waals surface area contributed by atoms with Crippen molar-refractivity contribution in [2.75, 3.05) is 4.90 Å². The van der Waals surface area contributed by atoms with Crippen LogP contribution < -0.4 is 4.90 Å². The number of aliphatic hydroxyl groups excluding tert-OH is 1. The molecule has 0 fully saturated rings. The quantitative estimate of drug-likeness (QED) is 0.209. The van der Waals surface area contributed by atoms with E-state index in [9.17, 15) is 9.90 Å². The molecule has 1 aliphatic heterocycles. The molecule has 8 heteroatoms. The van der Waals surface area contributed by atoms with E-state index in [1.165, 1.54) is 17.6 Å². The second kappa shape index (κ2) is 11.1. The molecule has 3 aromatic heterocycles. The van der Waals surface area contributed by atoms with Gasteiger partial charge in [0.2, 0.25) is 0 Å². The highest BCUT2D eigenvalue weighted by Gasteiger charge is 2.40. The summed E-state index contributed by atoms with van der Waals surface area (Å²) < 4.78 is 2.14. The van der Waals surface area contributed by atoms with Crippen molar-refractivity contribution in [3.63, 3.8) is 0 Å². The van der Waals surface area contributed by atoms with E-state index in [0.717, 1.165) is 55.2 Å². The standard InChI is InChI=1S/C40H26N6O2/c47-39-33-16-8-18-35(36(33)40(48)46(39)34-17-5-4-11-28(34)25-9-2-1-3-10-25)45-37-29(26-19-41-23-42-20-26)12-6-14-31(37)32-15-7-13-30(38(32)45)27-21-43-24-44-22-27/h1-24,39,47H. The average Bonchev–Trinajstić information content (AvgIpc) is 3.63. The summed E-state index contributed by atoms with van der Waals surface area (Å²) in [7, 11) is 0. The molecular formula is C40H26N6O2. The number of carbonyl (C=O) groups excluding carboxylic acids is 1. The molecular weight excluding hydrogens is 596 g/mol. The van der Waals surface area contributed by atoms with E-state index in [0.29, 0.717) is 22.5 Å². The zero-order chi connectivity index (χ0) is 32.2. The van der Waals surface area contributed by atoms with Crippen molar-refractivity contribution < 1.29 is 9.90 Å². The molecule has 0 spiro atoms. The summed E-state index contributed by atoms with van der Waals surface area (Å²) >= 11 is 0. The Kier molecular flexibility index (Phi) is 6.41. The zero-order valence-electron chi connectivity index (χ0n) is 25.5. The molecule has 0 saturated carbocycles. The Bertz CT molecular complexity index is 2400. The lowest BCUT2D eigenvalue weighted by Gasteiger charge is -2.24. The van der Waals surface area contributed by atoms with Gasteiger partial charge in [-0.3, -0.25) is 9.69 Å². The van der Waals surface area contributed by atoms with Gasteiger partial charge in [0.1, 0.15) is 12.7 Å². The molecule has 228 valence electrons. The summed E-state index contributed by atoms with van der Waals surface area (Å²) in [5.74, 6) is -0.285. The second-order valence-corrected chi connectivity index (χ2v) is 11.7. The largest absolute Gasteiger partial charge is 0.369 e. The normalized spacial score (nSPS) is 14.1. The highest BCUT2D eigenvalue weighted by atomic mass is 16.3. The number of hydrogen-bond donors (Lipinski definition) is 1. The van der Waals surface area contributed by atoms with Crippen molar-refractivity contribution in [3.8, 4) is 39.1 Å². The van der Waals surface area contributed by atoms with Crippen molar-refractivity contribution in [3.05, 3.63) is 158 Å². The van der Waals surface area contributed by atoms with E-state index in [1.54, 1.807) is 24.8 Å². The molecule has 1 atom stereocenters. The van der Waals surface area contributed by atoms with Crippen molar-refractivity contribution in [1.82, 2.24) is 24.5 Å². The van der Waals surface area contributed by atoms with Crippen LogP contribution in [0, 0.1) is 0 Å². The molecule has 8 nitrogen and oxygen atoms in total. The number of aliphatic hydroxyl groups is 1. The van der Waals surface area contributed by atoms with Crippen LogP contribution in [-0.4, -0.2) is 35.5 Å². The van der Waals surface area contributed by atoms with Gasteiger partial charge in [-0.05, 0) is 17.7 Å². The smallest absolute Gasteiger partial charge is 0.263 e. The predicted molar refractivity (Wildman–Crippen MR) is 186 cm³/mol. The highest BCUT2D eigenvalue weighted by Crippen LogP contribution is 2.46. The maximum Gasteiger partial charge on any atom is 0.263 e. The van der Waals surface area contributed by atoms with Crippen molar-refractivity contribution in [1.29, 1.82) is 0 Å². The first-order chi connectivity index (χ1) is 23.7. The maximum absolute atomic E-state index is 14.8. The Hall–Kier alpha value is -6.51. The van der Waals surface area contributed by atoms with Gasteiger partial charge in [-0.25, -0.2) is 19.9 Å². The molecule has 0 saturated heterocycles. The number of aromatic nitrogens is 5. The van der Waals surface area contributed by atoms with E-state index >= 15 is 0 Å². The van der Waals surface area contributed by atoms with Crippen LogP contribution in [0.3, 0.4) is 0 Å². The van der Waals surface area contributed by atoms with Crippen LogP contribution in [0.1, 0.15) is 22.1 Å². The molecule has 1 amide bonds. The maximum atomic E-state index is 14.8. The molecule has 1 N–H and O–H groups in total. The van der Waals surface area contributed by atoms with Gasteiger partial charge in [-0.2, -0.15) is 0 Å². The number of carbonyl (C=O) groups is 1. The molecule has 0 aliphatic carbocycles. The van der Waals surface area contributed by atoms with Gasteiger partial charge in [0.15, 0.2) is 6.23 Å². The minimum Gasteiger partial charge on any atom is -0.369 e. The van der Waals surface area contributed by atoms with Crippen molar-refractivity contribution in [2.45, 2.75) is 6.23 Å². The average molecular weight is 623 g/mol. The predicted octanol–water partition coefficient (Wildman–Crippen LogP) is 8.02.